The molecule has 3 rings (SSSR count). The van der Waals surface area contributed by atoms with E-state index < -0.39 is 0 Å². The molecule has 0 atom stereocenters. The smallest absolute Gasteiger partial charge is 0.193 e. The first-order valence-corrected chi connectivity index (χ1v) is 5.89. The molecule has 84 valence electrons. The minimum atomic E-state index is 0.779. The van der Waals surface area contributed by atoms with Crippen LogP contribution in [-0.4, -0.2) is 4.40 Å². The van der Waals surface area contributed by atoms with Crippen molar-refractivity contribution < 1.29 is 4.57 Å². The quantitative estimate of drug-likeness (QED) is 0.612. The molecule has 1 aromatic carbocycles. The highest BCUT2D eigenvalue weighted by molar-refractivity contribution is 6.30. The molecule has 2 heterocycles. The predicted octanol–water partition coefficient (Wildman–Crippen LogP) is 2.93. The van der Waals surface area contributed by atoms with Crippen LogP contribution in [0.15, 0.2) is 61.2 Å². The van der Waals surface area contributed by atoms with Crippen LogP contribution >= 0.6 is 11.6 Å². The van der Waals surface area contributed by atoms with Gasteiger partial charge in [0.05, 0.1) is 6.20 Å². The van der Waals surface area contributed by atoms with Gasteiger partial charge in [-0.1, -0.05) is 23.7 Å². The topological polar surface area (TPSA) is 8.29 Å². The summed E-state index contributed by atoms with van der Waals surface area (Å²) in [4.78, 5) is 0. The zero-order valence-corrected chi connectivity index (χ0v) is 10.0. The average molecular weight is 244 g/mol. The van der Waals surface area contributed by atoms with Crippen LogP contribution in [0.2, 0.25) is 5.02 Å². The van der Waals surface area contributed by atoms with Crippen LogP contribution in [0.25, 0.3) is 5.52 Å². The lowest BCUT2D eigenvalue weighted by Crippen LogP contribution is -2.33. The number of aromatic nitrogens is 2. The van der Waals surface area contributed by atoms with E-state index in [9.17, 15) is 0 Å². The summed E-state index contributed by atoms with van der Waals surface area (Å²) in [5.41, 5.74) is 2.44. The zero-order valence-electron chi connectivity index (χ0n) is 9.25. The van der Waals surface area contributed by atoms with Gasteiger partial charge in [0.2, 0.25) is 0 Å². The Kier molecular flexibility index (Phi) is 2.57. The maximum atomic E-state index is 5.87. The Morgan fingerprint density at radius 1 is 1.06 bits per heavy atom. The van der Waals surface area contributed by atoms with Gasteiger partial charge in [0, 0.05) is 16.8 Å². The minimum Gasteiger partial charge on any atom is -0.313 e. The minimum absolute atomic E-state index is 0.779. The third kappa shape index (κ3) is 2.17. The highest BCUT2D eigenvalue weighted by Crippen LogP contribution is 2.09. The molecule has 0 fully saturated rings. The molecule has 3 aromatic rings. The van der Waals surface area contributed by atoms with Crippen LogP contribution in [0.1, 0.15) is 5.56 Å². The second-order valence-corrected chi connectivity index (χ2v) is 4.50. The molecule has 0 saturated carbocycles. The lowest BCUT2D eigenvalue weighted by atomic mass is 10.2. The van der Waals surface area contributed by atoms with Crippen LogP contribution in [0, 0.1) is 0 Å². The van der Waals surface area contributed by atoms with Gasteiger partial charge in [-0.15, -0.1) is 0 Å². The molecule has 0 N–H and O–H groups in total. The Bertz CT molecular complexity index is 641. The van der Waals surface area contributed by atoms with Gasteiger partial charge in [-0.3, -0.25) is 0 Å². The summed E-state index contributed by atoms with van der Waals surface area (Å²) < 4.78 is 4.26. The van der Waals surface area contributed by atoms with E-state index in [0.29, 0.717) is 0 Å². The fraction of sp³-hybridized carbons (Fsp3) is 0.0714. The van der Waals surface area contributed by atoms with Crippen molar-refractivity contribution in [2.24, 2.45) is 0 Å². The number of benzene rings is 1. The van der Waals surface area contributed by atoms with E-state index in [4.69, 9.17) is 11.6 Å². The normalized spacial score (nSPS) is 10.9. The van der Waals surface area contributed by atoms with Crippen molar-refractivity contribution in [3.63, 3.8) is 0 Å². The highest BCUT2D eigenvalue weighted by Gasteiger charge is 2.04. The number of halogens is 1. The molecule has 2 aromatic heterocycles. The molecule has 0 radical (unpaired) electrons. The maximum absolute atomic E-state index is 5.87. The van der Waals surface area contributed by atoms with E-state index in [1.807, 2.05) is 24.4 Å². The molecule has 0 unspecified atom stereocenters. The Hall–Kier alpha value is -1.80. The molecule has 0 aliphatic rings. The number of fused-ring (bicyclic) bond motifs is 1. The van der Waals surface area contributed by atoms with E-state index in [1.54, 1.807) is 0 Å². The molecule has 0 spiro atoms. The average Bonchev–Trinajstić information content (AvgIpc) is 2.79. The van der Waals surface area contributed by atoms with Crippen molar-refractivity contribution in [2.75, 3.05) is 0 Å². The monoisotopic (exact) mass is 243 g/mol. The zero-order chi connectivity index (χ0) is 11.7. The van der Waals surface area contributed by atoms with Gasteiger partial charge in [0.1, 0.15) is 5.52 Å². The van der Waals surface area contributed by atoms with Gasteiger partial charge in [-0.25, -0.2) is 0 Å². The lowest BCUT2D eigenvalue weighted by molar-refractivity contribution is -0.687. The van der Waals surface area contributed by atoms with E-state index >= 15 is 0 Å². The molecule has 0 saturated heterocycles. The largest absolute Gasteiger partial charge is 0.313 e. The molecule has 0 aliphatic carbocycles. The van der Waals surface area contributed by atoms with Crippen LogP contribution < -0.4 is 4.57 Å². The van der Waals surface area contributed by atoms with E-state index in [2.05, 4.69) is 45.8 Å². The summed E-state index contributed by atoms with van der Waals surface area (Å²) in [6.45, 7) is 0.860. The van der Waals surface area contributed by atoms with Gasteiger partial charge >= 0.3 is 0 Å². The van der Waals surface area contributed by atoms with Crippen LogP contribution in [-0.2, 0) is 6.54 Å². The van der Waals surface area contributed by atoms with Gasteiger partial charge in [0.25, 0.3) is 0 Å². The van der Waals surface area contributed by atoms with Crippen LogP contribution in [0.5, 0.6) is 0 Å². The van der Waals surface area contributed by atoms with Crippen molar-refractivity contribution in [1.29, 1.82) is 0 Å². The SMILES string of the molecule is Clc1ccc(C[n+]2ccn3cccc3c2)cc1. The lowest BCUT2D eigenvalue weighted by Gasteiger charge is -1.99. The van der Waals surface area contributed by atoms with Gasteiger partial charge < -0.3 is 4.40 Å². The Morgan fingerprint density at radius 2 is 1.88 bits per heavy atom. The van der Waals surface area contributed by atoms with E-state index in [0.717, 1.165) is 11.6 Å². The Labute approximate surface area is 105 Å². The fourth-order valence-electron chi connectivity index (χ4n) is 1.92. The highest BCUT2D eigenvalue weighted by atomic mass is 35.5. The second kappa shape index (κ2) is 4.22. The fourth-order valence-corrected chi connectivity index (χ4v) is 2.05. The maximum Gasteiger partial charge on any atom is 0.193 e. The molecular formula is C14H12ClN2+. The number of rotatable bonds is 2. The van der Waals surface area contributed by atoms with Crippen molar-refractivity contribution in [3.8, 4) is 0 Å². The summed E-state index contributed by atoms with van der Waals surface area (Å²) in [6, 6.07) is 12.1. The van der Waals surface area contributed by atoms with Crippen molar-refractivity contribution in [2.45, 2.75) is 6.54 Å². The summed E-state index contributed by atoms with van der Waals surface area (Å²) in [5, 5.41) is 0.779. The van der Waals surface area contributed by atoms with E-state index in [1.165, 1.54) is 11.1 Å². The Morgan fingerprint density at radius 3 is 2.71 bits per heavy atom. The Balaban J connectivity index is 1.91. The molecule has 17 heavy (non-hydrogen) atoms. The molecule has 0 bridgehead atoms. The van der Waals surface area contributed by atoms with Gasteiger partial charge in [0.15, 0.2) is 18.9 Å². The molecular weight excluding hydrogens is 232 g/mol. The first kappa shape index (κ1) is 10.4. The third-order valence-electron chi connectivity index (χ3n) is 2.81. The molecule has 0 amide bonds. The summed E-state index contributed by atoms with van der Waals surface area (Å²) >= 11 is 5.87. The first-order valence-electron chi connectivity index (χ1n) is 5.51. The second-order valence-electron chi connectivity index (χ2n) is 4.07. The van der Waals surface area contributed by atoms with E-state index in [-0.39, 0.29) is 0 Å². The van der Waals surface area contributed by atoms with Gasteiger partial charge in [-0.2, -0.15) is 4.57 Å². The summed E-state index contributed by atoms with van der Waals surface area (Å²) in [6.07, 6.45) is 8.31. The summed E-state index contributed by atoms with van der Waals surface area (Å²) in [7, 11) is 0. The molecule has 3 heteroatoms. The number of hydrogen-bond donors (Lipinski definition) is 0. The van der Waals surface area contributed by atoms with Crippen molar-refractivity contribution in [1.82, 2.24) is 4.40 Å². The van der Waals surface area contributed by atoms with Crippen molar-refractivity contribution in [3.05, 3.63) is 71.8 Å². The first-order chi connectivity index (χ1) is 8.31. The van der Waals surface area contributed by atoms with Gasteiger partial charge in [-0.05, 0) is 24.3 Å². The molecule has 2 nitrogen and oxygen atoms in total. The van der Waals surface area contributed by atoms with Crippen molar-refractivity contribution >= 4 is 17.1 Å². The third-order valence-corrected chi connectivity index (χ3v) is 3.06. The standard InChI is InChI=1S/C14H12ClN2/c15-13-5-3-12(4-6-13)10-16-8-9-17-7-1-2-14(17)11-16/h1-9,11H,10H2/q+1. The number of hydrogen-bond acceptors (Lipinski definition) is 0. The molecule has 0 aliphatic heterocycles. The number of nitrogens with zero attached hydrogens (tertiary/aromatic N) is 2. The van der Waals surface area contributed by atoms with Crippen LogP contribution in [0.3, 0.4) is 0 Å². The predicted molar refractivity (Wildman–Crippen MR) is 68.1 cm³/mol. The summed E-state index contributed by atoms with van der Waals surface area (Å²) in [5.74, 6) is 0. The van der Waals surface area contributed by atoms with Crippen LogP contribution in [0.4, 0.5) is 0 Å².